The van der Waals surface area contributed by atoms with Gasteiger partial charge in [0.2, 0.25) is 0 Å². The van der Waals surface area contributed by atoms with Crippen molar-refractivity contribution < 1.29 is 9.47 Å². The summed E-state index contributed by atoms with van der Waals surface area (Å²) in [5.74, 6) is 0.892. The van der Waals surface area contributed by atoms with Gasteiger partial charge in [-0.15, -0.1) is 0 Å². The second kappa shape index (κ2) is 6.71. The highest BCUT2D eigenvalue weighted by Gasteiger charge is 2.16. The number of hydrogen-bond donors (Lipinski definition) is 1. The minimum Gasteiger partial charge on any atom is -0.493 e. The first kappa shape index (κ1) is 17.8. The Labute approximate surface area is 158 Å². The molecule has 0 unspecified atom stereocenters. The van der Waals surface area contributed by atoms with E-state index in [0.29, 0.717) is 38.1 Å². The Hall–Kier alpha value is -2.02. The molecule has 0 aliphatic carbocycles. The molecule has 8 heteroatoms. The second-order valence-corrected chi connectivity index (χ2v) is 6.58. The molecule has 130 valence electrons. The van der Waals surface area contributed by atoms with Crippen molar-refractivity contribution in [1.82, 2.24) is 9.55 Å². The van der Waals surface area contributed by atoms with E-state index in [0.717, 1.165) is 5.56 Å². The molecular weight excluding hydrogens is 383 g/mol. The van der Waals surface area contributed by atoms with Gasteiger partial charge in [-0.2, -0.15) is 0 Å². The average molecular weight is 397 g/mol. The maximum Gasteiger partial charge on any atom is 0.266 e. The molecule has 0 saturated heterocycles. The highest BCUT2D eigenvalue weighted by Crippen LogP contribution is 2.34. The van der Waals surface area contributed by atoms with Gasteiger partial charge in [0.1, 0.15) is 0 Å². The molecule has 1 aromatic heterocycles. The summed E-state index contributed by atoms with van der Waals surface area (Å²) in [6.07, 6.45) is 0. The summed E-state index contributed by atoms with van der Waals surface area (Å²) < 4.78 is 12.0. The van der Waals surface area contributed by atoms with Crippen molar-refractivity contribution in [2.45, 2.75) is 6.92 Å². The Kier molecular flexibility index (Phi) is 4.77. The van der Waals surface area contributed by atoms with Crippen molar-refractivity contribution in [3.05, 3.63) is 55.0 Å². The summed E-state index contributed by atoms with van der Waals surface area (Å²) >= 11 is 17.9. The quantitative estimate of drug-likeness (QED) is 0.652. The number of benzene rings is 2. The summed E-state index contributed by atoms with van der Waals surface area (Å²) in [6.45, 7) is 1.86. The molecule has 5 nitrogen and oxygen atoms in total. The molecule has 0 saturated carbocycles. The monoisotopic (exact) mass is 396 g/mol. The summed E-state index contributed by atoms with van der Waals surface area (Å²) in [5, 5.41) is 1.21. The molecule has 0 amide bonds. The van der Waals surface area contributed by atoms with Crippen LogP contribution in [-0.4, -0.2) is 23.8 Å². The Balaban J connectivity index is 2.39. The summed E-state index contributed by atoms with van der Waals surface area (Å²) in [7, 11) is 3.01. The Bertz CT molecular complexity index is 1110. The fraction of sp³-hybridized carbons (Fsp3) is 0.176. The zero-order valence-electron chi connectivity index (χ0n) is 13.6. The van der Waals surface area contributed by atoms with Gasteiger partial charge in [0.25, 0.3) is 5.56 Å². The van der Waals surface area contributed by atoms with Crippen LogP contribution in [0.5, 0.6) is 11.5 Å². The van der Waals surface area contributed by atoms with E-state index >= 15 is 0 Å². The van der Waals surface area contributed by atoms with Crippen LogP contribution in [0.2, 0.25) is 10.0 Å². The number of halogens is 2. The molecular formula is C17H14Cl2N2O3S. The number of methoxy groups -OCH3 is 2. The van der Waals surface area contributed by atoms with Crippen molar-refractivity contribution in [2.24, 2.45) is 0 Å². The normalized spacial score (nSPS) is 10.9. The summed E-state index contributed by atoms with van der Waals surface area (Å²) in [5.41, 5.74) is 1.53. The van der Waals surface area contributed by atoms with E-state index in [4.69, 9.17) is 44.9 Å². The average Bonchev–Trinajstić information content (AvgIpc) is 2.58. The predicted molar refractivity (Wildman–Crippen MR) is 103 cm³/mol. The van der Waals surface area contributed by atoms with E-state index in [1.165, 1.54) is 18.8 Å². The molecule has 3 aromatic rings. The van der Waals surface area contributed by atoms with Gasteiger partial charge < -0.3 is 14.5 Å². The SMILES string of the molecule is COc1cc(Cl)c(-n2c(=S)[nH]c3cc(C)c(Cl)cc3c2=O)cc1OC. The van der Waals surface area contributed by atoms with Crippen LogP contribution in [0.4, 0.5) is 0 Å². The van der Waals surface area contributed by atoms with Crippen molar-refractivity contribution in [2.75, 3.05) is 14.2 Å². The lowest BCUT2D eigenvalue weighted by Gasteiger charge is -2.14. The third-order valence-electron chi connectivity index (χ3n) is 3.87. The number of fused-ring (bicyclic) bond motifs is 1. The van der Waals surface area contributed by atoms with Gasteiger partial charge in [-0.25, -0.2) is 0 Å². The van der Waals surface area contributed by atoms with E-state index in [9.17, 15) is 4.79 Å². The molecule has 0 spiro atoms. The molecule has 25 heavy (non-hydrogen) atoms. The van der Waals surface area contributed by atoms with Gasteiger partial charge in [-0.05, 0) is 36.8 Å². The molecule has 1 heterocycles. The lowest BCUT2D eigenvalue weighted by Crippen LogP contribution is -2.21. The van der Waals surface area contributed by atoms with Crippen molar-refractivity contribution in [1.29, 1.82) is 0 Å². The molecule has 0 bridgehead atoms. The van der Waals surface area contributed by atoms with Crippen LogP contribution in [-0.2, 0) is 0 Å². The van der Waals surface area contributed by atoms with Crippen LogP contribution in [0.1, 0.15) is 5.56 Å². The zero-order chi connectivity index (χ0) is 18.3. The highest BCUT2D eigenvalue weighted by atomic mass is 35.5. The number of nitrogens with one attached hydrogen (secondary N) is 1. The van der Waals surface area contributed by atoms with Gasteiger partial charge in [0, 0.05) is 17.2 Å². The summed E-state index contributed by atoms with van der Waals surface area (Å²) in [4.78, 5) is 16.1. The van der Waals surface area contributed by atoms with Crippen LogP contribution < -0.4 is 15.0 Å². The van der Waals surface area contributed by atoms with Gasteiger partial charge in [-0.1, -0.05) is 23.2 Å². The van der Waals surface area contributed by atoms with Gasteiger partial charge in [0.05, 0.1) is 35.8 Å². The molecule has 0 aliphatic rings. The van der Waals surface area contributed by atoms with Crippen LogP contribution in [0.15, 0.2) is 29.1 Å². The van der Waals surface area contributed by atoms with Crippen molar-refractivity contribution in [3.63, 3.8) is 0 Å². The second-order valence-electron chi connectivity index (χ2n) is 5.38. The molecule has 0 atom stereocenters. The molecule has 3 rings (SSSR count). The van der Waals surface area contributed by atoms with Crippen molar-refractivity contribution in [3.8, 4) is 17.2 Å². The fourth-order valence-electron chi connectivity index (χ4n) is 2.58. The first-order valence-corrected chi connectivity index (χ1v) is 8.41. The number of rotatable bonds is 3. The molecule has 0 radical (unpaired) electrons. The minimum atomic E-state index is -0.324. The Morgan fingerprint density at radius 2 is 1.68 bits per heavy atom. The van der Waals surface area contributed by atoms with Crippen LogP contribution >= 0.6 is 35.4 Å². The predicted octanol–water partition coefficient (Wildman–Crippen LogP) is 4.68. The maximum absolute atomic E-state index is 13.0. The smallest absolute Gasteiger partial charge is 0.266 e. The fourth-order valence-corrected chi connectivity index (χ4v) is 3.27. The lowest BCUT2D eigenvalue weighted by atomic mass is 10.1. The van der Waals surface area contributed by atoms with E-state index in [-0.39, 0.29) is 10.3 Å². The van der Waals surface area contributed by atoms with Crippen LogP contribution in [0, 0.1) is 11.7 Å². The topological polar surface area (TPSA) is 56.2 Å². The van der Waals surface area contributed by atoms with Crippen LogP contribution in [0.25, 0.3) is 16.6 Å². The van der Waals surface area contributed by atoms with E-state index < -0.39 is 0 Å². The maximum atomic E-state index is 13.0. The molecule has 2 aromatic carbocycles. The first-order valence-electron chi connectivity index (χ1n) is 7.24. The largest absolute Gasteiger partial charge is 0.493 e. The van der Waals surface area contributed by atoms with Gasteiger partial charge in [-0.3, -0.25) is 9.36 Å². The Morgan fingerprint density at radius 3 is 2.32 bits per heavy atom. The van der Waals surface area contributed by atoms with Crippen LogP contribution in [0.3, 0.4) is 0 Å². The number of aryl methyl sites for hydroxylation is 1. The highest BCUT2D eigenvalue weighted by molar-refractivity contribution is 7.71. The number of ether oxygens (including phenoxy) is 2. The molecule has 0 fully saturated rings. The number of H-pyrrole nitrogens is 1. The van der Waals surface area contributed by atoms with E-state index in [1.807, 2.05) is 6.92 Å². The standard InChI is InChI=1S/C17H14Cl2N2O3S/c1-8-4-12-9(5-10(8)18)16(22)21(17(25)20-12)13-7-15(24-3)14(23-2)6-11(13)19/h4-7H,1-3H3,(H,20,25). The Morgan fingerprint density at radius 1 is 1.04 bits per heavy atom. The van der Waals surface area contributed by atoms with E-state index in [1.54, 1.807) is 24.3 Å². The number of nitrogens with zero attached hydrogens (tertiary/aromatic N) is 1. The van der Waals surface area contributed by atoms with Gasteiger partial charge >= 0.3 is 0 Å². The third kappa shape index (κ3) is 3.01. The number of hydrogen-bond acceptors (Lipinski definition) is 4. The van der Waals surface area contributed by atoms with Crippen molar-refractivity contribution >= 4 is 46.3 Å². The number of aromatic amines is 1. The molecule has 1 N–H and O–H groups in total. The summed E-state index contributed by atoms with van der Waals surface area (Å²) in [6, 6.07) is 6.58. The lowest BCUT2D eigenvalue weighted by molar-refractivity contribution is 0.355. The van der Waals surface area contributed by atoms with Gasteiger partial charge in [0.15, 0.2) is 16.3 Å². The number of aromatic nitrogens is 2. The molecule has 0 aliphatic heterocycles. The third-order valence-corrected chi connectivity index (χ3v) is 4.87. The minimum absolute atomic E-state index is 0.216. The van der Waals surface area contributed by atoms with E-state index in [2.05, 4.69) is 4.98 Å². The zero-order valence-corrected chi connectivity index (χ0v) is 16.0. The first-order chi connectivity index (χ1) is 11.9.